The number of imide groups is 1. The second-order valence-corrected chi connectivity index (χ2v) is 7.14. The van der Waals surface area contributed by atoms with E-state index in [2.05, 4.69) is 10.6 Å². The van der Waals surface area contributed by atoms with Gasteiger partial charge in [0.15, 0.2) is 6.54 Å². The quantitative estimate of drug-likeness (QED) is 0.690. The van der Waals surface area contributed by atoms with Crippen LogP contribution in [-0.2, 0) is 11.3 Å². The largest absolute Gasteiger partial charge is 0.497 e. The summed E-state index contributed by atoms with van der Waals surface area (Å²) in [6.07, 6.45) is 6.62. The summed E-state index contributed by atoms with van der Waals surface area (Å²) in [4.78, 5) is 25.4. The van der Waals surface area contributed by atoms with Crippen LogP contribution < -0.4 is 20.3 Å². The molecule has 2 fully saturated rings. The third-order valence-electron chi connectivity index (χ3n) is 5.08. The summed E-state index contributed by atoms with van der Waals surface area (Å²) in [6, 6.07) is 8.34. The molecule has 2 aliphatic rings. The van der Waals surface area contributed by atoms with E-state index >= 15 is 0 Å². The highest BCUT2D eigenvalue weighted by atomic mass is 16.5. The van der Waals surface area contributed by atoms with E-state index in [1.807, 2.05) is 24.3 Å². The first-order valence-electron chi connectivity index (χ1n) is 9.22. The number of nitrogens with one attached hydrogen (secondary N) is 3. The Hall–Kier alpha value is -2.08. The number of carbonyl (C=O) groups excluding carboxylic acids is 2. The third-order valence-corrected chi connectivity index (χ3v) is 5.08. The minimum atomic E-state index is -0.350. The molecular formula is C19H28N3O3+. The average Bonchev–Trinajstić information content (AvgIpc) is 3.33. The standard InChI is InChI=1S/C19H27N3O3/c1-25-17-10-6-14(7-11-17)12-22(16-8-9-16)13-18(23)21-19(24)20-15-4-2-3-5-15/h6-7,10-11,15-16H,2-5,8-9,12-13H2,1H3,(H2,20,21,23,24)/p+1. The fraction of sp³-hybridized carbons (Fsp3) is 0.579. The second kappa shape index (κ2) is 8.34. The van der Waals surface area contributed by atoms with Gasteiger partial charge in [0, 0.05) is 24.4 Å². The molecule has 0 aliphatic heterocycles. The van der Waals surface area contributed by atoms with Gasteiger partial charge in [0.25, 0.3) is 5.91 Å². The number of carbonyl (C=O) groups is 2. The maximum absolute atomic E-state index is 12.2. The zero-order chi connectivity index (χ0) is 17.6. The number of urea groups is 1. The van der Waals surface area contributed by atoms with Crippen LogP contribution >= 0.6 is 0 Å². The number of quaternary nitrogens is 1. The Morgan fingerprint density at radius 3 is 2.40 bits per heavy atom. The molecule has 3 rings (SSSR count). The van der Waals surface area contributed by atoms with Crippen LogP contribution in [0.25, 0.3) is 0 Å². The molecule has 0 spiro atoms. The van der Waals surface area contributed by atoms with Crippen LogP contribution in [0.1, 0.15) is 44.1 Å². The fourth-order valence-electron chi connectivity index (χ4n) is 3.52. The predicted octanol–water partition coefficient (Wildman–Crippen LogP) is 1.01. The van der Waals surface area contributed by atoms with Crippen LogP contribution in [0, 0.1) is 0 Å². The van der Waals surface area contributed by atoms with Crippen molar-refractivity contribution >= 4 is 11.9 Å². The van der Waals surface area contributed by atoms with Crippen LogP contribution in [0.15, 0.2) is 24.3 Å². The molecule has 0 saturated heterocycles. The molecule has 1 atom stereocenters. The number of benzene rings is 1. The maximum atomic E-state index is 12.2. The second-order valence-electron chi connectivity index (χ2n) is 7.14. The molecule has 2 saturated carbocycles. The van der Waals surface area contributed by atoms with Crippen LogP contribution in [-0.4, -0.2) is 37.7 Å². The Balaban J connectivity index is 1.48. The highest BCUT2D eigenvalue weighted by molar-refractivity contribution is 5.94. The zero-order valence-corrected chi connectivity index (χ0v) is 14.8. The molecule has 2 aliphatic carbocycles. The van der Waals surface area contributed by atoms with Crippen molar-refractivity contribution in [3.8, 4) is 5.75 Å². The number of rotatable bonds is 7. The van der Waals surface area contributed by atoms with Crippen LogP contribution in [0.4, 0.5) is 4.79 Å². The first-order chi connectivity index (χ1) is 12.1. The van der Waals surface area contributed by atoms with E-state index < -0.39 is 0 Å². The van der Waals surface area contributed by atoms with E-state index in [1.54, 1.807) is 7.11 Å². The van der Waals surface area contributed by atoms with Gasteiger partial charge < -0.3 is 15.0 Å². The molecule has 3 amide bonds. The highest BCUT2D eigenvalue weighted by Gasteiger charge is 2.35. The van der Waals surface area contributed by atoms with Gasteiger partial charge in [-0.15, -0.1) is 0 Å². The minimum Gasteiger partial charge on any atom is -0.497 e. The van der Waals surface area contributed by atoms with Gasteiger partial charge in [0.1, 0.15) is 12.3 Å². The van der Waals surface area contributed by atoms with Gasteiger partial charge in [-0.1, -0.05) is 12.8 Å². The molecule has 25 heavy (non-hydrogen) atoms. The van der Waals surface area contributed by atoms with Crippen LogP contribution in [0.2, 0.25) is 0 Å². The van der Waals surface area contributed by atoms with Crippen LogP contribution in [0.3, 0.4) is 0 Å². The SMILES string of the molecule is COc1ccc(C[NH+](CC(=O)NC(=O)NC2CCCC2)C2CC2)cc1. The first-order valence-corrected chi connectivity index (χ1v) is 9.22. The molecule has 136 valence electrons. The topological polar surface area (TPSA) is 71.9 Å². The van der Waals surface area contributed by atoms with E-state index in [0.717, 1.165) is 50.8 Å². The van der Waals surface area contributed by atoms with E-state index in [0.29, 0.717) is 12.6 Å². The molecule has 1 unspecified atom stereocenters. The summed E-state index contributed by atoms with van der Waals surface area (Å²) in [5.74, 6) is 0.629. The van der Waals surface area contributed by atoms with Crippen molar-refractivity contribution in [1.29, 1.82) is 0 Å². The summed E-state index contributed by atoms with van der Waals surface area (Å²) in [5, 5.41) is 5.39. The predicted molar refractivity (Wildman–Crippen MR) is 94.5 cm³/mol. The van der Waals surface area contributed by atoms with Gasteiger partial charge >= 0.3 is 6.03 Å². The summed E-state index contributed by atoms with van der Waals surface area (Å²) < 4.78 is 5.18. The summed E-state index contributed by atoms with van der Waals surface area (Å²) >= 11 is 0. The fourth-order valence-corrected chi connectivity index (χ4v) is 3.52. The van der Waals surface area contributed by atoms with Crippen molar-refractivity contribution < 1.29 is 19.2 Å². The molecule has 3 N–H and O–H groups in total. The first kappa shape index (κ1) is 17.7. The normalized spacial score (nSPS) is 18.6. The summed E-state index contributed by atoms with van der Waals surface area (Å²) in [7, 11) is 1.65. The molecule has 6 heteroatoms. The van der Waals surface area contributed by atoms with Crippen molar-refractivity contribution in [1.82, 2.24) is 10.6 Å². The highest BCUT2D eigenvalue weighted by Crippen LogP contribution is 2.17. The van der Waals surface area contributed by atoms with Gasteiger partial charge in [-0.25, -0.2) is 4.79 Å². The van der Waals surface area contributed by atoms with E-state index in [1.165, 1.54) is 10.5 Å². The number of ether oxygens (including phenoxy) is 1. The Labute approximate surface area is 148 Å². The van der Waals surface area contributed by atoms with Crippen molar-refractivity contribution in [2.45, 2.75) is 57.2 Å². The van der Waals surface area contributed by atoms with E-state index in [9.17, 15) is 9.59 Å². The molecule has 1 aromatic rings. The lowest BCUT2D eigenvalue weighted by Gasteiger charge is -2.19. The Morgan fingerprint density at radius 1 is 1.12 bits per heavy atom. The lowest BCUT2D eigenvalue weighted by atomic mass is 10.2. The maximum Gasteiger partial charge on any atom is 0.321 e. The van der Waals surface area contributed by atoms with Crippen molar-refractivity contribution in [2.75, 3.05) is 13.7 Å². The van der Waals surface area contributed by atoms with Crippen molar-refractivity contribution in [3.05, 3.63) is 29.8 Å². The molecule has 0 bridgehead atoms. The summed E-state index contributed by atoms with van der Waals surface area (Å²) in [6.45, 7) is 1.11. The number of amides is 3. The Morgan fingerprint density at radius 2 is 1.80 bits per heavy atom. The van der Waals surface area contributed by atoms with Gasteiger partial charge in [0.05, 0.1) is 13.2 Å². The van der Waals surface area contributed by atoms with E-state index in [4.69, 9.17) is 4.74 Å². The van der Waals surface area contributed by atoms with Gasteiger partial charge in [-0.3, -0.25) is 10.1 Å². The van der Waals surface area contributed by atoms with Gasteiger partial charge in [-0.05, 0) is 37.1 Å². The molecule has 6 nitrogen and oxygen atoms in total. The Kier molecular flexibility index (Phi) is 5.91. The molecular weight excluding hydrogens is 318 g/mol. The Bertz CT molecular complexity index is 592. The molecule has 0 aromatic heterocycles. The lowest BCUT2D eigenvalue weighted by Crippen LogP contribution is -3.13. The van der Waals surface area contributed by atoms with Gasteiger partial charge in [-0.2, -0.15) is 0 Å². The van der Waals surface area contributed by atoms with Gasteiger partial charge in [0.2, 0.25) is 0 Å². The zero-order valence-electron chi connectivity index (χ0n) is 14.8. The lowest BCUT2D eigenvalue weighted by molar-refractivity contribution is -0.917. The number of methoxy groups -OCH3 is 1. The van der Waals surface area contributed by atoms with E-state index in [-0.39, 0.29) is 18.0 Å². The average molecular weight is 346 g/mol. The number of hydrogen-bond donors (Lipinski definition) is 3. The van der Waals surface area contributed by atoms with Crippen LogP contribution in [0.5, 0.6) is 5.75 Å². The monoisotopic (exact) mass is 346 g/mol. The van der Waals surface area contributed by atoms with Crippen molar-refractivity contribution in [2.24, 2.45) is 0 Å². The molecule has 0 radical (unpaired) electrons. The summed E-state index contributed by atoms with van der Waals surface area (Å²) in [5.41, 5.74) is 1.17. The van der Waals surface area contributed by atoms with Crippen molar-refractivity contribution in [3.63, 3.8) is 0 Å². The molecule has 1 aromatic carbocycles. The minimum absolute atomic E-state index is 0.203. The smallest absolute Gasteiger partial charge is 0.321 e. The third kappa shape index (κ3) is 5.46. The molecule has 0 heterocycles. The number of hydrogen-bond acceptors (Lipinski definition) is 3.